The summed E-state index contributed by atoms with van der Waals surface area (Å²) >= 11 is 5.31. The van der Waals surface area contributed by atoms with E-state index >= 15 is 0 Å². The molecule has 1 fully saturated rings. The Morgan fingerprint density at radius 2 is 2.36 bits per heavy atom. The van der Waals surface area contributed by atoms with Gasteiger partial charge in [0.1, 0.15) is 11.6 Å². The summed E-state index contributed by atoms with van der Waals surface area (Å²) in [5.74, 6) is 3.25. The molecule has 1 aliphatic heterocycles. The Balaban J connectivity index is 1.67. The fourth-order valence-corrected chi connectivity index (χ4v) is 3.02. The van der Waals surface area contributed by atoms with Crippen molar-refractivity contribution >= 4 is 29.1 Å². The molecule has 1 aliphatic rings. The van der Waals surface area contributed by atoms with Gasteiger partial charge in [-0.05, 0) is 43.1 Å². The van der Waals surface area contributed by atoms with Crippen LogP contribution in [0.15, 0.2) is 28.9 Å². The molecule has 2 N–H and O–H groups in total. The minimum atomic E-state index is 0.421. The second kappa shape index (κ2) is 8.15. The molecule has 0 aliphatic carbocycles. The SMILES string of the molecule is COc1cc(N2CCCC(C)C2)nc(NC(=S)NCc2ccco2)n1. The molecule has 7 nitrogen and oxygen atoms in total. The number of ether oxygens (including phenoxy) is 1. The molecule has 3 heterocycles. The van der Waals surface area contributed by atoms with E-state index in [-0.39, 0.29) is 0 Å². The first-order chi connectivity index (χ1) is 12.1. The number of nitrogens with one attached hydrogen (secondary N) is 2. The lowest BCUT2D eigenvalue weighted by Gasteiger charge is -2.32. The zero-order chi connectivity index (χ0) is 17.6. The van der Waals surface area contributed by atoms with Gasteiger partial charge in [0.15, 0.2) is 5.11 Å². The summed E-state index contributed by atoms with van der Waals surface area (Å²) in [6, 6.07) is 5.58. The van der Waals surface area contributed by atoms with Gasteiger partial charge in [0.25, 0.3) is 0 Å². The zero-order valence-corrected chi connectivity index (χ0v) is 15.3. The summed E-state index contributed by atoms with van der Waals surface area (Å²) in [5, 5.41) is 6.52. The maximum atomic E-state index is 5.32. The predicted octanol–water partition coefficient (Wildman–Crippen LogP) is 2.80. The molecule has 0 saturated carbocycles. The van der Waals surface area contributed by atoms with E-state index in [1.165, 1.54) is 12.8 Å². The number of furan rings is 1. The van der Waals surface area contributed by atoms with Gasteiger partial charge in [-0.1, -0.05) is 6.92 Å². The predicted molar refractivity (Wildman–Crippen MR) is 101 cm³/mol. The molecule has 25 heavy (non-hydrogen) atoms. The zero-order valence-electron chi connectivity index (χ0n) is 14.5. The molecule has 0 aromatic carbocycles. The van der Waals surface area contributed by atoms with E-state index < -0.39 is 0 Å². The van der Waals surface area contributed by atoms with Crippen LogP contribution in [0.5, 0.6) is 5.88 Å². The minimum absolute atomic E-state index is 0.421. The number of anilines is 2. The van der Waals surface area contributed by atoms with Crippen molar-refractivity contribution in [3.05, 3.63) is 30.2 Å². The average molecular weight is 361 g/mol. The quantitative estimate of drug-likeness (QED) is 0.788. The van der Waals surface area contributed by atoms with Gasteiger partial charge in [-0.25, -0.2) is 0 Å². The van der Waals surface area contributed by atoms with E-state index in [9.17, 15) is 0 Å². The molecule has 3 rings (SSSR count). The third-order valence-electron chi connectivity index (χ3n) is 4.11. The summed E-state index contributed by atoms with van der Waals surface area (Å²) in [6.07, 6.45) is 4.05. The Morgan fingerprint density at radius 1 is 1.48 bits per heavy atom. The number of piperidine rings is 1. The summed E-state index contributed by atoms with van der Waals surface area (Å²) in [6.45, 7) is 4.74. The number of rotatable bonds is 5. The molecule has 134 valence electrons. The lowest BCUT2D eigenvalue weighted by atomic mass is 10.0. The Kier molecular flexibility index (Phi) is 5.70. The topological polar surface area (TPSA) is 75.5 Å². The molecule has 1 atom stereocenters. The van der Waals surface area contributed by atoms with Crippen molar-refractivity contribution in [1.29, 1.82) is 0 Å². The Hall–Kier alpha value is -2.35. The van der Waals surface area contributed by atoms with Gasteiger partial charge < -0.3 is 24.7 Å². The van der Waals surface area contributed by atoms with Crippen LogP contribution in [0.3, 0.4) is 0 Å². The van der Waals surface area contributed by atoms with Crippen molar-refractivity contribution in [1.82, 2.24) is 15.3 Å². The van der Waals surface area contributed by atoms with E-state index in [1.807, 2.05) is 18.2 Å². The van der Waals surface area contributed by atoms with Gasteiger partial charge >= 0.3 is 0 Å². The standard InChI is InChI=1S/C17H23N5O2S/c1-12-5-3-7-22(11-12)14-9-15(23-2)20-16(19-14)21-17(25)18-10-13-6-4-8-24-13/h4,6,8-9,12H,3,5,7,10-11H2,1-2H3,(H2,18,19,20,21,25). The molecule has 1 unspecified atom stereocenters. The number of nitrogens with zero attached hydrogens (tertiary/aromatic N) is 3. The summed E-state index contributed by atoms with van der Waals surface area (Å²) in [5.41, 5.74) is 0. The van der Waals surface area contributed by atoms with Crippen LogP contribution in [0, 0.1) is 5.92 Å². The summed E-state index contributed by atoms with van der Waals surface area (Å²) in [7, 11) is 1.60. The highest BCUT2D eigenvalue weighted by Gasteiger charge is 2.19. The highest BCUT2D eigenvalue weighted by molar-refractivity contribution is 7.80. The second-order valence-electron chi connectivity index (χ2n) is 6.17. The molecular formula is C17H23N5O2S. The lowest BCUT2D eigenvalue weighted by molar-refractivity contribution is 0.396. The first kappa shape index (κ1) is 17.5. The third kappa shape index (κ3) is 4.82. The van der Waals surface area contributed by atoms with Crippen LogP contribution in [-0.2, 0) is 6.54 Å². The minimum Gasteiger partial charge on any atom is -0.481 e. The number of hydrogen-bond donors (Lipinski definition) is 2. The van der Waals surface area contributed by atoms with Crippen molar-refractivity contribution in [3.63, 3.8) is 0 Å². The molecule has 0 radical (unpaired) electrons. The number of methoxy groups -OCH3 is 1. The van der Waals surface area contributed by atoms with Crippen LogP contribution in [0.1, 0.15) is 25.5 Å². The van der Waals surface area contributed by atoms with Crippen molar-refractivity contribution in [2.75, 3.05) is 30.4 Å². The van der Waals surface area contributed by atoms with Gasteiger partial charge in [-0.3, -0.25) is 0 Å². The Labute approximate surface area is 152 Å². The van der Waals surface area contributed by atoms with Crippen LogP contribution < -0.4 is 20.3 Å². The molecule has 1 saturated heterocycles. The molecule has 2 aromatic heterocycles. The monoisotopic (exact) mass is 361 g/mol. The highest BCUT2D eigenvalue weighted by atomic mass is 32.1. The van der Waals surface area contributed by atoms with Gasteiger partial charge in [0.05, 0.1) is 19.9 Å². The smallest absolute Gasteiger partial charge is 0.234 e. The first-order valence-corrected chi connectivity index (χ1v) is 8.80. The van der Waals surface area contributed by atoms with Crippen LogP contribution >= 0.6 is 12.2 Å². The van der Waals surface area contributed by atoms with E-state index in [1.54, 1.807) is 13.4 Å². The van der Waals surface area contributed by atoms with Crippen LogP contribution in [0.4, 0.5) is 11.8 Å². The van der Waals surface area contributed by atoms with Crippen LogP contribution in [0.25, 0.3) is 0 Å². The fourth-order valence-electron chi connectivity index (χ4n) is 2.86. The maximum Gasteiger partial charge on any atom is 0.234 e. The lowest BCUT2D eigenvalue weighted by Crippen LogP contribution is -2.35. The number of aromatic nitrogens is 2. The van der Waals surface area contributed by atoms with Gasteiger partial charge in [0.2, 0.25) is 11.8 Å². The van der Waals surface area contributed by atoms with Gasteiger partial charge in [-0.2, -0.15) is 9.97 Å². The van der Waals surface area contributed by atoms with E-state index in [2.05, 4.69) is 32.4 Å². The van der Waals surface area contributed by atoms with Crippen molar-refractivity contribution in [2.24, 2.45) is 5.92 Å². The van der Waals surface area contributed by atoms with Crippen molar-refractivity contribution in [3.8, 4) is 5.88 Å². The third-order valence-corrected chi connectivity index (χ3v) is 4.35. The largest absolute Gasteiger partial charge is 0.481 e. The molecule has 0 spiro atoms. The van der Waals surface area contributed by atoms with Gasteiger partial charge in [0, 0.05) is 19.2 Å². The molecule has 8 heteroatoms. The first-order valence-electron chi connectivity index (χ1n) is 8.39. The van der Waals surface area contributed by atoms with Crippen molar-refractivity contribution in [2.45, 2.75) is 26.3 Å². The maximum absolute atomic E-state index is 5.32. The summed E-state index contributed by atoms with van der Waals surface area (Å²) < 4.78 is 10.6. The molecular weight excluding hydrogens is 338 g/mol. The number of thiocarbonyl (C=S) groups is 1. The van der Waals surface area contributed by atoms with E-state index in [4.69, 9.17) is 21.4 Å². The fraction of sp³-hybridized carbons (Fsp3) is 0.471. The average Bonchev–Trinajstić information content (AvgIpc) is 3.13. The highest BCUT2D eigenvalue weighted by Crippen LogP contribution is 2.25. The Bertz CT molecular complexity index is 707. The molecule has 2 aromatic rings. The number of hydrogen-bond acceptors (Lipinski definition) is 6. The van der Waals surface area contributed by atoms with Crippen LogP contribution in [-0.4, -0.2) is 35.3 Å². The van der Waals surface area contributed by atoms with E-state index in [0.717, 1.165) is 24.7 Å². The van der Waals surface area contributed by atoms with Gasteiger partial charge in [-0.15, -0.1) is 0 Å². The van der Waals surface area contributed by atoms with Crippen LogP contribution in [0.2, 0.25) is 0 Å². The second-order valence-corrected chi connectivity index (χ2v) is 6.58. The Morgan fingerprint density at radius 3 is 3.08 bits per heavy atom. The molecule has 0 bridgehead atoms. The summed E-state index contributed by atoms with van der Waals surface area (Å²) in [4.78, 5) is 11.2. The van der Waals surface area contributed by atoms with E-state index in [0.29, 0.717) is 29.4 Å². The molecule has 0 amide bonds. The normalized spacial score (nSPS) is 17.2. The van der Waals surface area contributed by atoms with Crippen molar-refractivity contribution < 1.29 is 9.15 Å².